The number of hydrogen-bond acceptors (Lipinski definition) is 2. The zero-order chi connectivity index (χ0) is 15.6. The van der Waals surface area contributed by atoms with Gasteiger partial charge in [-0.2, -0.15) is 0 Å². The molecule has 0 unspecified atom stereocenters. The lowest BCUT2D eigenvalue weighted by atomic mass is 9.97. The maximum Gasteiger partial charge on any atom is 0.123 e. The van der Waals surface area contributed by atoms with Gasteiger partial charge in [0.25, 0.3) is 0 Å². The molecule has 3 aromatic rings. The largest absolute Gasteiger partial charge is 0.342 e. The quantitative estimate of drug-likeness (QED) is 0.790. The van der Waals surface area contributed by atoms with Gasteiger partial charge in [0.05, 0.1) is 11.0 Å². The summed E-state index contributed by atoms with van der Waals surface area (Å²) in [6.07, 6.45) is 2.34. The van der Waals surface area contributed by atoms with E-state index in [9.17, 15) is 4.39 Å². The van der Waals surface area contributed by atoms with Crippen LogP contribution in [0.4, 0.5) is 4.39 Å². The molecule has 1 fully saturated rings. The third-order valence-electron chi connectivity index (χ3n) is 4.62. The van der Waals surface area contributed by atoms with Crippen molar-refractivity contribution in [1.82, 2.24) is 14.9 Å². The van der Waals surface area contributed by atoms with Crippen molar-refractivity contribution in [2.45, 2.75) is 25.3 Å². The lowest BCUT2D eigenvalue weighted by Gasteiger charge is -2.31. The normalized spacial score (nSPS) is 19.3. The Morgan fingerprint density at radius 2 is 1.96 bits per heavy atom. The van der Waals surface area contributed by atoms with Crippen LogP contribution in [0.3, 0.4) is 0 Å². The van der Waals surface area contributed by atoms with Crippen molar-refractivity contribution < 1.29 is 4.39 Å². The Balaban J connectivity index is 1.49. The second-order valence-corrected chi connectivity index (χ2v) is 6.34. The summed E-state index contributed by atoms with van der Waals surface area (Å²) < 4.78 is 13.0. The number of hydrogen-bond donors (Lipinski definition) is 1. The number of H-pyrrole nitrogens is 1. The highest BCUT2D eigenvalue weighted by molar-refractivity contribution is 5.74. The molecule has 0 aliphatic carbocycles. The molecule has 0 saturated carbocycles. The van der Waals surface area contributed by atoms with Crippen LogP contribution >= 0.6 is 0 Å². The molecule has 0 spiro atoms. The van der Waals surface area contributed by atoms with Crippen molar-refractivity contribution in [3.8, 4) is 0 Å². The second kappa shape index (κ2) is 6.13. The van der Waals surface area contributed by atoms with E-state index in [2.05, 4.69) is 22.0 Å². The van der Waals surface area contributed by atoms with Crippen molar-refractivity contribution in [3.63, 3.8) is 0 Å². The van der Waals surface area contributed by atoms with Crippen molar-refractivity contribution in [2.24, 2.45) is 0 Å². The number of piperidine rings is 1. The number of aromatic nitrogens is 2. The zero-order valence-electron chi connectivity index (χ0n) is 13.0. The van der Waals surface area contributed by atoms with Gasteiger partial charge >= 0.3 is 0 Å². The average molecular weight is 309 g/mol. The van der Waals surface area contributed by atoms with Crippen molar-refractivity contribution in [3.05, 3.63) is 65.7 Å². The number of halogens is 1. The number of para-hydroxylation sites is 2. The Labute approximate surface area is 135 Å². The van der Waals surface area contributed by atoms with Gasteiger partial charge in [0.1, 0.15) is 11.6 Å². The SMILES string of the molecule is Fc1ccc(CN2CCC[C@H](c3nc4ccccc4[nH]3)C2)cc1. The summed E-state index contributed by atoms with van der Waals surface area (Å²) in [6, 6.07) is 15.0. The van der Waals surface area contributed by atoms with Crippen LogP contribution in [-0.4, -0.2) is 28.0 Å². The maximum atomic E-state index is 13.0. The Bertz CT molecular complexity index is 761. The fourth-order valence-corrected chi connectivity index (χ4v) is 3.44. The van der Waals surface area contributed by atoms with E-state index in [0.29, 0.717) is 5.92 Å². The number of likely N-dealkylation sites (tertiary alicyclic amines) is 1. The van der Waals surface area contributed by atoms with E-state index in [1.165, 1.54) is 25.0 Å². The number of nitrogens with one attached hydrogen (secondary N) is 1. The number of imidazole rings is 1. The molecule has 1 N–H and O–H groups in total. The molecule has 0 radical (unpaired) electrons. The third-order valence-corrected chi connectivity index (χ3v) is 4.62. The van der Waals surface area contributed by atoms with Gasteiger partial charge in [-0.15, -0.1) is 0 Å². The van der Waals surface area contributed by atoms with Gasteiger partial charge in [0, 0.05) is 19.0 Å². The topological polar surface area (TPSA) is 31.9 Å². The molecule has 2 aromatic carbocycles. The van der Waals surface area contributed by atoms with Crippen molar-refractivity contribution in [2.75, 3.05) is 13.1 Å². The standard InChI is InChI=1S/C19H20FN3/c20-16-9-7-14(8-10-16)12-23-11-3-4-15(13-23)19-21-17-5-1-2-6-18(17)22-19/h1-2,5-10,15H,3-4,11-13H2,(H,21,22)/t15-/m0/s1. The van der Waals surface area contributed by atoms with Crippen LogP contribution in [-0.2, 0) is 6.54 Å². The molecule has 1 saturated heterocycles. The molecular formula is C19H20FN3. The highest BCUT2D eigenvalue weighted by Gasteiger charge is 2.23. The van der Waals surface area contributed by atoms with Crippen molar-refractivity contribution in [1.29, 1.82) is 0 Å². The van der Waals surface area contributed by atoms with E-state index in [1.54, 1.807) is 0 Å². The molecule has 1 aromatic heterocycles. The molecule has 1 aliphatic heterocycles. The molecule has 1 aliphatic rings. The minimum atomic E-state index is -0.174. The first-order valence-electron chi connectivity index (χ1n) is 8.19. The van der Waals surface area contributed by atoms with E-state index in [1.807, 2.05) is 24.3 Å². The van der Waals surface area contributed by atoms with Gasteiger partial charge in [0.2, 0.25) is 0 Å². The summed E-state index contributed by atoms with van der Waals surface area (Å²) in [5.41, 5.74) is 3.31. The first kappa shape index (κ1) is 14.4. The van der Waals surface area contributed by atoms with Crippen LogP contribution in [0.15, 0.2) is 48.5 Å². The number of aromatic amines is 1. The van der Waals surface area contributed by atoms with Gasteiger partial charge < -0.3 is 4.98 Å². The van der Waals surface area contributed by atoms with Crippen LogP contribution in [0.5, 0.6) is 0 Å². The van der Waals surface area contributed by atoms with E-state index >= 15 is 0 Å². The molecule has 0 bridgehead atoms. The Morgan fingerprint density at radius 1 is 1.13 bits per heavy atom. The van der Waals surface area contributed by atoms with Gasteiger partial charge in [0.15, 0.2) is 0 Å². The first-order valence-corrected chi connectivity index (χ1v) is 8.19. The van der Waals surface area contributed by atoms with Crippen LogP contribution in [0.2, 0.25) is 0 Å². The lowest BCUT2D eigenvalue weighted by Crippen LogP contribution is -2.34. The molecule has 4 heteroatoms. The molecule has 4 rings (SSSR count). The summed E-state index contributed by atoms with van der Waals surface area (Å²) in [7, 11) is 0. The summed E-state index contributed by atoms with van der Waals surface area (Å²) in [6.45, 7) is 2.96. The summed E-state index contributed by atoms with van der Waals surface area (Å²) in [5, 5.41) is 0. The van der Waals surface area contributed by atoms with Crippen molar-refractivity contribution >= 4 is 11.0 Å². The molecule has 118 valence electrons. The minimum absolute atomic E-state index is 0.174. The van der Waals surface area contributed by atoms with Crippen LogP contribution in [0.1, 0.15) is 30.1 Å². The van der Waals surface area contributed by atoms with Gasteiger partial charge in [-0.25, -0.2) is 9.37 Å². The number of fused-ring (bicyclic) bond motifs is 1. The predicted molar refractivity (Wildman–Crippen MR) is 89.7 cm³/mol. The molecular weight excluding hydrogens is 289 g/mol. The van der Waals surface area contributed by atoms with Gasteiger partial charge in [-0.3, -0.25) is 4.90 Å². The Morgan fingerprint density at radius 3 is 2.78 bits per heavy atom. The average Bonchev–Trinajstić information content (AvgIpc) is 3.01. The van der Waals surface area contributed by atoms with E-state index in [0.717, 1.165) is 42.1 Å². The first-order chi connectivity index (χ1) is 11.3. The Kier molecular flexibility index (Phi) is 3.83. The number of benzene rings is 2. The maximum absolute atomic E-state index is 13.0. The van der Waals surface area contributed by atoms with E-state index in [-0.39, 0.29) is 5.82 Å². The van der Waals surface area contributed by atoms with E-state index < -0.39 is 0 Å². The molecule has 1 atom stereocenters. The Hall–Kier alpha value is -2.20. The lowest BCUT2D eigenvalue weighted by molar-refractivity contribution is 0.197. The fraction of sp³-hybridized carbons (Fsp3) is 0.316. The van der Waals surface area contributed by atoms with Crippen LogP contribution < -0.4 is 0 Å². The molecule has 23 heavy (non-hydrogen) atoms. The molecule has 2 heterocycles. The smallest absolute Gasteiger partial charge is 0.123 e. The number of nitrogens with zero attached hydrogens (tertiary/aromatic N) is 2. The highest BCUT2D eigenvalue weighted by atomic mass is 19.1. The van der Waals surface area contributed by atoms with Gasteiger partial charge in [-0.05, 0) is 49.2 Å². The van der Waals surface area contributed by atoms with Crippen LogP contribution in [0.25, 0.3) is 11.0 Å². The third kappa shape index (κ3) is 3.13. The minimum Gasteiger partial charge on any atom is -0.342 e. The van der Waals surface area contributed by atoms with E-state index in [4.69, 9.17) is 4.98 Å². The van der Waals surface area contributed by atoms with Gasteiger partial charge in [-0.1, -0.05) is 24.3 Å². The predicted octanol–water partition coefficient (Wildman–Crippen LogP) is 4.08. The zero-order valence-corrected chi connectivity index (χ0v) is 13.0. The number of rotatable bonds is 3. The second-order valence-electron chi connectivity index (χ2n) is 6.34. The summed E-state index contributed by atoms with van der Waals surface area (Å²) in [4.78, 5) is 10.7. The fourth-order valence-electron chi connectivity index (χ4n) is 3.44. The van der Waals surface area contributed by atoms with Crippen LogP contribution in [0, 0.1) is 5.82 Å². The molecule has 3 nitrogen and oxygen atoms in total. The summed E-state index contributed by atoms with van der Waals surface area (Å²) >= 11 is 0. The highest BCUT2D eigenvalue weighted by Crippen LogP contribution is 2.27. The molecule has 0 amide bonds. The summed E-state index contributed by atoms with van der Waals surface area (Å²) in [5.74, 6) is 1.36. The monoisotopic (exact) mass is 309 g/mol.